The molecule has 1 aromatic carbocycles. The predicted octanol–water partition coefficient (Wildman–Crippen LogP) is 2.23. The van der Waals surface area contributed by atoms with Crippen LogP contribution in [0.4, 0.5) is 17.6 Å². The molecule has 0 bridgehead atoms. The van der Waals surface area contributed by atoms with Crippen molar-refractivity contribution in [1.29, 1.82) is 0 Å². The third-order valence-electron chi connectivity index (χ3n) is 3.49. The summed E-state index contributed by atoms with van der Waals surface area (Å²) < 4.78 is 77.7. The minimum absolute atomic E-state index is 0.0126. The van der Waals surface area contributed by atoms with Gasteiger partial charge in [0.05, 0.1) is 11.3 Å². The normalized spacial score (nSPS) is 13.6. The average molecular weight is 391 g/mol. The number of nitrogens with one attached hydrogen (secondary N) is 1. The zero-order valence-electron chi connectivity index (χ0n) is 13.5. The first-order valence-corrected chi connectivity index (χ1v) is 9.19. The molecule has 0 aliphatic heterocycles. The van der Waals surface area contributed by atoms with Gasteiger partial charge in [0.1, 0.15) is 5.82 Å². The van der Waals surface area contributed by atoms with Crippen molar-refractivity contribution >= 4 is 10.0 Å². The van der Waals surface area contributed by atoms with E-state index in [1.54, 1.807) is 6.07 Å². The summed E-state index contributed by atoms with van der Waals surface area (Å²) in [6.07, 6.45) is -2.76. The van der Waals surface area contributed by atoms with E-state index >= 15 is 0 Å². The maximum Gasteiger partial charge on any atom is 0.417 e. The maximum atomic E-state index is 13.6. The van der Waals surface area contributed by atoms with E-state index in [4.69, 9.17) is 5.73 Å². The Morgan fingerprint density at radius 1 is 1.19 bits per heavy atom. The van der Waals surface area contributed by atoms with Crippen LogP contribution in [0.25, 0.3) is 0 Å². The Kier molecular flexibility index (Phi) is 6.32. The van der Waals surface area contributed by atoms with Crippen molar-refractivity contribution in [2.24, 2.45) is 5.73 Å². The molecular formula is C16H17F4N3O2S. The molecule has 3 N–H and O–H groups in total. The van der Waals surface area contributed by atoms with Gasteiger partial charge in [-0.1, -0.05) is 18.2 Å². The molecule has 2 rings (SSSR count). The fraction of sp³-hybridized carbons (Fsp3) is 0.312. The second-order valence-electron chi connectivity index (χ2n) is 5.74. The Labute approximate surface area is 148 Å². The van der Waals surface area contributed by atoms with E-state index in [-0.39, 0.29) is 24.1 Å². The number of benzene rings is 1. The molecule has 0 aliphatic rings. The predicted molar refractivity (Wildman–Crippen MR) is 87.9 cm³/mol. The van der Waals surface area contributed by atoms with Crippen LogP contribution < -0.4 is 10.5 Å². The summed E-state index contributed by atoms with van der Waals surface area (Å²) in [5, 5.41) is 0. The number of nitrogens with two attached hydrogens (primary N) is 1. The summed E-state index contributed by atoms with van der Waals surface area (Å²) in [6.45, 7) is -0.355. The van der Waals surface area contributed by atoms with E-state index in [1.165, 1.54) is 18.2 Å². The van der Waals surface area contributed by atoms with E-state index in [0.717, 1.165) is 12.3 Å². The van der Waals surface area contributed by atoms with Crippen molar-refractivity contribution in [2.45, 2.75) is 25.2 Å². The number of rotatable bonds is 7. The summed E-state index contributed by atoms with van der Waals surface area (Å²) in [5.41, 5.74) is 5.15. The van der Waals surface area contributed by atoms with Gasteiger partial charge in [-0.15, -0.1) is 0 Å². The molecular weight excluding hydrogens is 374 g/mol. The van der Waals surface area contributed by atoms with Crippen molar-refractivity contribution in [2.75, 3.05) is 5.75 Å². The lowest BCUT2D eigenvalue weighted by Crippen LogP contribution is -2.37. The fourth-order valence-corrected chi connectivity index (χ4v) is 3.46. The van der Waals surface area contributed by atoms with E-state index in [9.17, 15) is 26.0 Å². The van der Waals surface area contributed by atoms with Crippen LogP contribution in [-0.2, 0) is 29.2 Å². The fourth-order valence-electron chi connectivity index (χ4n) is 2.28. The van der Waals surface area contributed by atoms with Gasteiger partial charge in [0, 0.05) is 25.0 Å². The highest BCUT2D eigenvalue weighted by molar-refractivity contribution is 7.89. The summed E-state index contributed by atoms with van der Waals surface area (Å²) in [4.78, 5) is 3.46. The van der Waals surface area contributed by atoms with Crippen LogP contribution >= 0.6 is 0 Å². The van der Waals surface area contributed by atoms with Crippen molar-refractivity contribution < 1.29 is 26.0 Å². The molecule has 0 radical (unpaired) electrons. The van der Waals surface area contributed by atoms with Crippen LogP contribution in [0.5, 0.6) is 0 Å². The van der Waals surface area contributed by atoms with Gasteiger partial charge < -0.3 is 5.73 Å². The van der Waals surface area contributed by atoms with Crippen LogP contribution in [0.1, 0.15) is 16.7 Å². The average Bonchev–Trinajstić information content (AvgIpc) is 2.54. The van der Waals surface area contributed by atoms with Gasteiger partial charge in [-0.05, 0) is 29.7 Å². The first-order chi connectivity index (χ1) is 12.1. The van der Waals surface area contributed by atoms with Crippen LogP contribution in [0.15, 0.2) is 42.7 Å². The van der Waals surface area contributed by atoms with E-state index < -0.39 is 39.4 Å². The van der Waals surface area contributed by atoms with Gasteiger partial charge >= 0.3 is 6.18 Å². The Hall–Kier alpha value is -2.04. The molecule has 0 spiro atoms. The Balaban J connectivity index is 1.95. The molecule has 142 valence electrons. The number of aromatic nitrogens is 1. The minimum atomic E-state index is -4.57. The van der Waals surface area contributed by atoms with Crippen molar-refractivity contribution in [1.82, 2.24) is 9.71 Å². The quantitative estimate of drug-likeness (QED) is 0.709. The van der Waals surface area contributed by atoms with Crippen molar-refractivity contribution in [3.63, 3.8) is 0 Å². The number of sulfonamides is 1. The van der Waals surface area contributed by atoms with Gasteiger partial charge in [-0.2, -0.15) is 13.2 Å². The topological polar surface area (TPSA) is 85.1 Å². The van der Waals surface area contributed by atoms with Gasteiger partial charge in [0.2, 0.25) is 10.0 Å². The highest BCUT2D eigenvalue weighted by Crippen LogP contribution is 2.28. The van der Waals surface area contributed by atoms with E-state index in [1.807, 2.05) is 0 Å². The molecule has 1 atom stereocenters. The maximum absolute atomic E-state index is 13.6. The SMILES string of the molecule is NC(Cc1ccccc1F)CS(=O)(=O)NCc1cncc(C(F)(F)F)c1. The molecule has 0 saturated carbocycles. The Morgan fingerprint density at radius 3 is 2.54 bits per heavy atom. The van der Waals surface area contributed by atoms with Crippen molar-refractivity contribution in [3.05, 3.63) is 65.2 Å². The summed E-state index contributed by atoms with van der Waals surface area (Å²) in [5.74, 6) is -0.975. The number of alkyl halides is 3. The van der Waals surface area contributed by atoms with Gasteiger partial charge in [-0.3, -0.25) is 4.98 Å². The third-order valence-corrected chi connectivity index (χ3v) is 4.94. The van der Waals surface area contributed by atoms with Crippen LogP contribution in [-0.4, -0.2) is 25.2 Å². The first kappa shape index (κ1) is 20.3. The molecule has 26 heavy (non-hydrogen) atoms. The van der Waals surface area contributed by atoms with Gasteiger partial charge in [0.25, 0.3) is 0 Å². The number of nitrogens with zero attached hydrogens (tertiary/aromatic N) is 1. The molecule has 1 heterocycles. The largest absolute Gasteiger partial charge is 0.417 e. The smallest absolute Gasteiger partial charge is 0.326 e. The molecule has 2 aromatic rings. The van der Waals surface area contributed by atoms with Crippen LogP contribution in [0.2, 0.25) is 0 Å². The second-order valence-corrected chi connectivity index (χ2v) is 7.59. The van der Waals surface area contributed by atoms with E-state index in [2.05, 4.69) is 9.71 Å². The Bertz CT molecular complexity index is 857. The van der Waals surface area contributed by atoms with Gasteiger partial charge in [0.15, 0.2) is 0 Å². The minimum Gasteiger partial charge on any atom is -0.326 e. The number of hydrogen-bond acceptors (Lipinski definition) is 4. The monoisotopic (exact) mass is 391 g/mol. The zero-order chi connectivity index (χ0) is 19.4. The second kappa shape index (κ2) is 8.11. The lowest BCUT2D eigenvalue weighted by molar-refractivity contribution is -0.137. The summed E-state index contributed by atoms with van der Waals surface area (Å²) in [7, 11) is -3.87. The number of halogens is 4. The standard InChI is InChI=1S/C16H17F4N3O2S/c17-15-4-2-1-3-12(15)6-14(21)10-26(24,25)23-8-11-5-13(9-22-7-11)16(18,19)20/h1-5,7,9,14,23H,6,8,10,21H2. The first-order valence-electron chi connectivity index (χ1n) is 7.54. The molecule has 5 nitrogen and oxygen atoms in total. The molecule has 1 aromatic heterocycles. The number of hydrogen-bond donors (Lipinski definition) is 2. The van der Waals surface area contributed by atoms with Gasteiger partial charge in [-0.25, -0.2) is 17.5 Å². The number of pyridine rings is 1. The molecule has 10 heteroatoms. The lowest BCUT2D eigenvalue weighted by Gasteiger charge is -2.14. The molecule has 0 amide bonds. The zero-order valence-corrected chi connectivity index (χ0v) is 14.3. The lowest BCUT2D eigenvalue weighted by atomic mass is 10.1. The molecule has 0 saturated heterocycles. The highest BCUT2D eigenvalue weighted by atomic mass is 32.2. The van der Waals surface area contributed by atoms with Crippen LogP contribution in [0, 0.1) is 5.82 Å². The van der Waals surface area contributed by atoms with Crippen LogP contribution in [0.3, 0.4) is 0 Å². The molecule has 0 aliphatic carbocycles. The third kappa shape index (κ3) is 6.04. The molecule has 1 unspecified atom stereocenters. The Morgan fingerprint density at radius 2 is 1.88 bits per heavy atom. The van der Waals surface area contributed by atoms with Crippen molar-refractivity contribution in [3.8, 4) is 0 Å². The highest BCUT2D eigenvalue weighted by Gasteiger charge is 2.31. The summed E-state index contributed by atoms with van der Waals surface area (Å²) in [6, 6.07) is 5.81. The van der Waals surface area contributed by atoms with E-state index in [0.29, 0.717) is 6.20 Å². The summed E-state index contributed by atoms with van der Waals surface area (Å²) >= 11 is 0. The molecule has 0 fully saturated rings.